The van der Waals surface area contributed by atoms with Gasteiger partial charge in [-0.3, -0.25) is 9.59 Å². The van der Waals surface area contributed by atoms with Crippen molar-refractivity contribution in [2.75, 3.05) is 38.2 Å². The van der Waals surface area contributed by atoms with Crippen molar-refractivity contribution in [1.29, 1.82) is 0 Å². The van der Waals surface area contributed by atoms with E-state index in [1.54, 1.807) is 41.3 Å². The molecule has 2 amide bonds. The summed E-state index contributed by atoms with van der Waals surface area (Å²) in [5.41, 5.74) is 1.67. The number of morpholine rings is 1. The van der Waals surface area contributed by atoms with Gasteiger partial charge in [-0.25, -0.2) is 0 Å². The summed E-state index contributed by atoms with van der Waals surface area (Å²) in [5, 5.41) is 2.89. The lowest BCUT2D eigenvalue weighted by Gasteiger charge is -2.26. The third kappa shape index (κ3) is 6.06. The first kappa shape index (κ1) is 22.3. The summed E-state index contributed by atoms with van der Waals surface area (Å²) in [6.07, 6.45) is 0.912. The molecule has 1 N–H and O–H groups in total. The van der Waals surface area contributed by atoms with Crippen LogP contribution in [0.15, 0.2) is 46.9 Å². The molecule has 0 aliphatic carbocycles. The Balaban J connectivity index is 1.67. The monoisotopic (exact) mass is 474 g/mol. The molecule has 1 aliphatic rings. The Hall–Kier alpha value is -2.38. The van der Waals surface area contributed by atoms with Crippen LogP contribution in [0, 0.1) is 5.92 Å². The van der Waals surface area contributed by atoms with Crippen LogP contribution in [0.4, 0.5) is 5.69 Å². The zero-order valence-corrected chi connectivity index (χ0v) is 18.9. The summed E-state index contributed by atoms with van der Waals surface area (Å²) in [4.78, 5) is 27.2. The van der Waals surface area contributed by atoms with Crippen LogP contribution in [0.3, 0.4) is 0 Å². The maximum absolute atomic E-state index is 12.8. The van der Waals surface area contributed by atoms with Gasteiger partial charge >= 0.3 is 0 Å². The van der Waals surface area contributed by atoms with Crippen molar-refractivity contribution in [1.82, 2.24) is 4.90 Å². The van der Waals surface area contributed by atoms with Crippen molar-refractivity contribution >= 4 is 33.4 Å². The molecule has 0 aromatic heterocycles. The van der Waals surface area contributed by atoms with E-state index in [1.165, 1.54) is 0 Å². The smallest absolute Gasteiger partial charge is 0.259 e. The predicted octanol–water partition coefficient (Wildman–Crippen LogP) is 4.60. The van der Waals surface area contributed by atoms with Gasteiger partial charge < -0.3 is 19.7 Å². The number of carbonyl (C=O) groups is 2. The third-order valence-electron chi connectivity index (χ3n) is 4.83. The lowest BCUT2D eigenvalue weighted by atomic mass is 10.1. The van der Waals surface area contributed by atoms with Crippen molar-refractivity contribution in [2.24, 2.45) is 5.92 Å². The molecule has 6 nitrogen and oxygen atoms in total. The SMILES string of the molecule is CC(C)CCOc1ccc(Br)cc1C(=O)Nc1ccc(C(=O)N2CCOCC2)cc1. The number of hydrogen-bond donors (Lipinski definition) is 1. The molecule has 0 saturated carbocycles. The quantitative estimate of drug-likeness (QED) is 0.636. The number of benzene rings is 2. The molecule has 2 aromatic carbocycles. The van der Waals surface area contributed by atoms with Gasteiger partial charge in [0.25, 0.3) is 11.8 Å². The molecule has 2 aromatic rings. The molecule has 3 rings (SSSR count). The summed E-state index contributed by atoms with van der Waals surface area (Å²) in [5.74, 6) is 0.791. The van der Waals surface area contributed by atoms with Gasteiger partial charge in [0.05, 0.1) is 25.4 Å². The van der Waals surface area contributed by atoms with Gasteiger partial charge in [0.2, 0.25) is 0 Å². The molecule has 1 aliphatic heterocycles. The number of nitrogens with zero attached hydrogens (tertiary/aromatic N) is 1. The second kappa shape index (κ2) is 10.6. The van der Waals surface area contributed by atoms with Crippen LogP contribution >= 0.6 is 15.9 Å². The van der Waals surface area contributed by atoms with E-state index in [1.807, 2.05) is 6.07 Å². The molecule has 1 heterocycles. The van der Waals surface area contributed by atoms with Gasteiger partial charge in [-0.2, -0.15) is 0 Å². The fraction of sp³-hybridized carbons (Fsp3) is 0.391. The Labute approximate surface area is 185 Å². The number of halogens is 1. The molecule has 0 radical (unpaired) electrons. The molecular formula is C23H27BrN2O4. The van der Waals surface area contributed by atoms with Crippen molar-refractivity contribution in [3.05, 3.63) is 58.1 Å². The highest BCUT2D eigenvalue weighted by molar-refractivity contribution is 9.10. The maximum atomic E-state index is 12.8. The highest BCUT2D eigenvalue weighted by Gasteiger charge is 2.19. The summed E-state index contributed by atoms with van der Waals surface area (Å²) in [6.45, 7) is 7.14. The molecule has 1 fully saturated rings. The van der Waals surface area contributed by atoms with Crippen LogP contribution in [0.1, 0.15) is 41.0 Å². The minimum absolute atomic E-state index is 0.0241. The molecule has 0 spiro atoms. The number of ether oxygens (including phenoxy) is 2. The van der Waals surface area contributed by atoms with Gasteiger partial charge in [0, 0.05) is 28.8 Å². The van der Waals surface area contributed by atoms with Crippen LogP contribution in [0.2, 0.25) is 0 Å². The summed E-state index contributed by atoms with van der Waals surface area (Å²) in [7, 11) is 0. The lowest BCUT2D eigenvalue weighted by molar-refractivity contribution is 0.0303. The predicted molar refractivity (Wildman–Crippen MR) is 120 cm³/mol. The Bertz CT molecular complexity index is 877. The maximum Gasteiger partial charge on any atom is 0.259 e. The van der Waals surface area contributed by atoms with Gasteiger partial charge in [-0.05, 0) is 54.8 Å². The molecule has 0 atom stereocenters. The Morgan fingerprint density at radius 3 is 2.50 bits per heavy atom. The second-order valence-corrected chi connectivity index (χ2v) is 8.52. The minimum atomic E-state index is -0.261. The molecule has 1 saturated heterocycles. The Morgan fingerprint density at radius 2 is 1.83 bits per heavy atom. The van der Waals surface area contributed by atoms with Crippen molar-refractivity contribution < 1.29 is 19.1 Å². The van der Waals surface area contributed by atoms with Crippen LogP contribution in [-0.2, 0) is 4.74 Å². The standard InChI is InChI=1S/C23H27BrN2O4/c1-16(2)9-12-30-21-8-5-18(24)15-20(21)22(27)25-19-6-3-17(4-7-19)23(28)26-10-13-29-14-11-26/h3-8,15-16H,9-14H2,1-2H3,(H,25,27). The second-order valence-electron chi connectivity index (χ2n) is 7.61. The van der Waals surface area contributed by atoms with Gasteiger partial charge in [-0.15, -0.1) is 0 Å². The summed E-state index contributed by atoms with van der Waals surface area (Å²) in [6, 6.07) is 12.3. The topological polar surface area (TPSA) is 67.9 Å². The van der Waals surface area contributed by atoms with E-state index in [-0.39, 0.29) is 11.8 Å². The van der Waals surface area contributed by atoms with E-state index in [0.717, 1.165) is 10.9 Å². The highest BCUT2D eigenvalue weighted by atomic mass is 79.9. The van der Waals surface area contributed by atoms with Gasteiger partial charge in [0.1, 0.15) is 5.75 Å². The van der Waals surface area contributed by atoms with E-state index < -0.39 is 0 Å². The number of amides is 2. The normalized spacial score (nSPS) is 13.9. The van der Waals surface area contributed by atoms with Gasteiger partial charge in [-0.1, -0.05) is 29.8 Å². The Morgan fingerprint density at radius 1 is 1.13 bits per heavy atom. The number of rotatable bonds is 7. The van der Waals surface area contributed by atoms with Crippen molar-refractivity contribution in [3.8, 4) is 5.75 Å². The van der Waals surface area contributed by atoms with Crippen molar-refractivity contribution in [2.45, 2.75) is 20.3 Å². The van der Waals surface area contributed by atoms with Crippen LogP contribution in [-0.4, -0.2) is 49.6 Å². The van der Waals surface area contributed by atoms with Crippen LogP contribution < -0.4 is 10.1 Å². The fourth-order valence-corrected chi connectivity index (χ4v) is 3.41. The van der Waals surface area contributed by atoms with Crippen LogP contribution in [0.5, 0.6) is 5.75 Å². The molecule has 0 bridgehead atoms. The molecule has 7 heteroatoms. The first-order chi connectivity index (χ1) is 14.4. The first-order valence-corrected chi connectivity index (χ1v) is 10.9. The van der Waals surface area contributed by atoms with Crippen LogP contribution in [0.25, 0.3) is 0 Å². The highest BCUT2D eigenvalue weighted by Crippen LogP contribution is 2.25. The number of nitrogens with one attached hydrogen (secondary N) is 1. The van der Waals surface area contributed by atoms with Crippen molar-refractivity contribution in [3.63, 3.8) is 0 Å². The van der Waals surface area contributed by atoms with E-state index >= 15 is 0 Å². The average Bonchev–Trinajstić information content (AvgIpc) is 2.75. The molecule has 160 valence electrons. The van der Waals surface area contributed by atoms with E-state index in [9.17, 15) is 9.59 Å². The fourth-order valence-electron chi connectivity index (χ4n) is 3.05. The molecule has 30 heavy (non-hydrogen) atoms. The molecular weight excluding hydrogens is 448 g/mol. The third-order valence-corrected chi connectivity index (χ3v) is 5.32. The van der Waals surface area contributed by atoms with E-state index in [2.05, 4.69) is 35.1 Å². The zero-order valence-electron chi connectivity index (χ0n) is 17.3. The Kier molecular flexibility index (Phi) is 7.87. The van der Waals surface area contributed by atoms with Gasteiger partial charge in [0.15, 0.2) is 0 Å². The molecule has 0 unspecified atom stereocenters. The minimum Gasteiger partial charge on any atom is -0.493 e. The first-order valence-electron chi connectivity index (χ1n) is 10.1. The summed E-state index contributed by atoms with van der Waals surface area (Å²) < 4.78 is 11.9. The summed E-state index contributed by atoms with van der Waals surface area (Å²) >= 11 is 3.42. The van der Waals surface area contributed by atoms with E-state index in [0.29, 0.717) is 61.4 Å². The zero-order chi connectivity index (χ0) is 21.5. The average molecular weight is 475 g/mol. The number of anilines is 1. The van der Waals surface area contributed by atoms with E-state index in [4.69, 9.17) is 9.47 Å². The largest absolute Gasteiger partial charge is 0.493 e. The lowest BCUT2D eigenvalue weighted by Crippen LogP contribution is -2.40. The number of carbonyl (C=O) groups excluding carboxylic acids is 2. The number of hydrogen-bond acceptors (Lipinski definition) is 4.